The molecule has 6 nitrogen and oxygen atoms in total. The third-order valence-electron chi connectivity index (χ3n) is 3.27. The number of hydrogen-bond acceptors (Lipinski definition) is 5. The number of carbonyl (C=O) groups excluding carboxylic acids is 1. The molecule has 0 saturated carbocycles. The van der Waals surface area contributed by atoms with Crippen molar-refractivity contribution >= 4 is 16.9 Å². The van der Waals surface area contributed by atoms with E-state index in [0.29, 0.717) is 19.5 Å². The Bertz CT molecular complexity index is 580. The van der Waals surface area contributed by atoms with Crippen LogP contribution in [-0.4, -0.2) is 40.3 Å². The van der Waals surface area contributed by atoms with Gasteiger partial charge in [0.1, 0.15) is 11.0 Å². The minimum atomic E-state index is -0.0259. The molecule has 18 heavy (non-hydrogen) atoms. The molecule has 0 spiro atoms. The monoisotopic (exact) mass is 246 g/mol. The van der Waals surface area contributed by atoms with E-state index in [4.69, 9.17) is 10.4 Å². The van der Waals surface area contributed by atoms with E-state index in [-0.39, 0.29) is 11.9 Å². The molecule has 0 bridgehead atoms. The van der Waals surface area contributed by atoms with Crippen molar-refractivity contribution in [2.75, 3.05) is 13.1 Å². The Morgan fingerprint density at radius 2 is 2.33 bits per heavy atom. The molecule has 2 aromatic rings. The SMILES string of the molecule is NC1CC(=O)N(CCc2cccc3nonc23)C1. The number of nitrogens with zero attached hydrogens (tertiary/aromatic N) is 3. The normalized spacial score (nSPS) is 19.9. The van der Waals surface area contributed by atoms with E-state index in [1.807, 2.05) is 18.2 Å². The first-order valence-corrected chi connectivity index (χ1v) is 5.97. The van der Waals surface area contributed by atoms with E-state index in [0.717, 1.165) is 23.0 Å². The molecule has 6 heteroatoms. The first-order valence-electron chi connectivity index (χ1n) is 5.97. The van der Waals surface area contributed by atoms with E-state index < -0.39 is 0 Å². The lowest BCUT2D eigenvalue weighted by atomic mass is 10.1. The van der Waals surface area contributed by atoms with Crippen molar-refractivity contribution in [3.63, 3.8) is 0 Å². The summed E-state index contributed by atoms with van der Waals surface area (Å²) in [6.45, 7) is 1.31. The summed E-state index contributed by atoms with van der Waals surface area (Å²) in [6.07, 6.45) is 1.19. The number of benzene rings is 1. The highest BCUT2D eigenvalue weighted by atomic mass is 16.6. The van der Waals surface area contributed by atoms with E-state index in [9.17, 15) is 4.79 Å². The number of aromatic nitrogens is 2. The van der Waals surface area contributed by atoms with Gasteiger partial charge < -0.3 is 10.6 Å². The summed E-state index contributed by atoms with van der Waals surface area (Å²) in [5.74, 6) is 0.132. The molecule has 0 radical (unpaired) electrons. The van der Waals surface area contributed by atoms with E-state index >= 15 is 0 Å². The number of hydrogen-bond donors (Lipinski definition) is 1. The quantitative estimate of drug-likeness (QED) is 0.843. The van der Waals surface area contributed by atoms with Crippen LogP contribution in [0, 0.1) is 0 Å². The molecule has 0 aliphatic carbocycles. The van der Waals surface area contributed by atoms with Crippen molar-refractivity contribution in [2.24, 2.45) is 5.73 Å². The number of amides is 1. The van der Waals surface area contributed by atoms with Crippen molar-refractivity contribution in [1.82, 2.24) is 15.2 Å². The summed E-state index contributed by atoms with van der Waals surface area (Å²) in [5.41, 5.74) is 8.32. The number of carbonyl (C=O) groups is 1. The lowest BCUT2D eigenvalue weighted by Gasteiger charge is -2.15. The van der Waals surface area contributed by atoms with Crippen LogP contribution < -0.4 is 5.73 Å². The molecule has 1 aliphatic heterocycles. The van der Waals surface area contributed by atoms with E-state index in [2.05, 4.69) is 10.3 Å². The van der Waals surface area contributed by atoms with Gasteiger partial charge in [0.2, 0.25) is 5.91 Å². The summed E-state index contributed by atoms with van der Waals surface area (Å²) in [7, 11) is 0. The number of likely N-dealkylation sites (tertiary alicyclic amines) is 1. The highest BCUT2D eigenvalue weighted by molar-refractivity contribution is 5.79. The van der Waals surface area contributed by atoms with Gasteiger partial charge in [0.05, 0.1) is 0 Å². The molecule has 1 saturated heterocycles. The Morgan fingerprint density at radius 1 is 1.44 bits per heavy atom. The predicted molar refractivity (Wildman–Crippen MR) is 64.7 cm³/mol. The molecule has 1 amide bonds. The van der Waals surface area contributed by atoms with Crippen LogP contribution in [-0.2, 0) is 11.2 Å². The average molecular weight is 246 g/mol. The van der Waals surface area contributed by atoms with Crippen LogP contribution in [0.15, 0.2) is 22.8 Å². The maximum atomic E-state index is 11.6. The second kappa shape index (κ2) is 4.38. The van der Waals surface area contributed by atoms with Crippen LogP contribution in [0.2, 0.25) is 0 Å². The number of fused-ring (bicyclic) bond motifs is 1. The third-order valence-corrected chi connectivity index (χ3v) is 3.27. The molecule has 1 atom stereocenters. The Balaban J connectivity index is 1.73. The van der Waals surface area contributed by atoms with Gasteiger partial charge in [-0.3, -0.25) is 4.79 Å². The molecule has 1 aromatic carbocycles. The summed E-state index contributed by atoms with van der Waals surface area (Å²) < 4.78 is 4.72. The lowest BCUT2D eigenvalue weighted by Crippen LogP contribution is -2.30. The number of rotatable bonds is 3. The summed E-state index contributed by atoms with van der Waals surface area (Å²) in [6, 6.07) is 5.72. The Kier molecular flexibility index (Phi) is 2.71. The molecule has 1 aliphatic rings. The van der Waals surface area contributed by atoms with Gasteiger partial charge in [0, 0.05) is 25.6 Å². The molecular weight excluding hydrogens is 232 g/mol. The molecule has 1 aromatic heterocycles. The smallest absolute Gasteiger partial charge is 0.224 e. The summed E-state index contributed by atoms with van der Waals surface area (Å²) in [4.78, 5) is 13.4. The topological polar surface area (TPSA) is 85.3 Å². The van der Waals surface area contributed by atoms with Crippen LogP contribution in [0.4, 0.5) is 0 Å². The fourth-order valence-electron chi connectivity index (χ4n) is 2.34. The van der Waals surface area contributed by atoms with Gasteiger partial charge in [-0.1, -0.05) is 12.1 Å². The van der Waals surface area contributed by atoms with Gasteiger partial charge in [-0.25, -0.2) is 4.63 Å². The molecule has 1 fully saturated rings. The highest BCUT2D eigenvalue weighted by Gasteiger charge is 2.26. The standard InChI is InChI=1S/C12H14N4O2/c13-9-6-11(17)16(7-9)5-4-8-2-1-3-10-12(8)15-18-14-10/h1-3,9H,4-7,13H2. The highest BCUT2D eigenvalue weighted by Crippen LogP contribution is 2.16. The van der Waals surface area contributed by atoms with Crippen LogP contribution in [0.5, 0.6) is 0 Å². The zero-order valence-corrected chi connectivity index (χ0v) is 9.87. The van der Waals surface area contributed by atoms with Crippen molar-refractivity contribution in [1.29, 1.82) is 0 Å². The fourth-order valence-corrected chi connectivity index (χ4v) is 2.34. The average Bonchev–Trinajstić information content (AvgIpc) is 2.93. The van der Waals surface area contributed by atoms with Crippen molar-refractivity contribution in [3.8, 4) is 0 Å². The first kappa shape index (κ1) is 11.2. The van der Waals surface area contributed by atoms with Crippen LogP contribution in [0.3, 0.4) is 0 Å². The summed E-state index contributed by atoms with van der Waals surface area (Å²) >= 11 is 0. The van der Waals surface area contributed by atoms with Crippen molar-refractivity contribution in [3.05, 3.63) is 23.8 Å². The summed E-state index contributed by atoms with van der Waals surface area (Å²) in [5, 5.41) is 7.68. The second-order valence-corrected chi connectivity index (χ2v) is 4.60. The first-order chi connectivity index (χ1) is 8.74. The third kappa shape index (κ3) is 1.95. The molecular formula is C12H14N4O2. The minimum absolute atomic E-state index is 0.0259. The van der Waals surface area contributed by atoms with Gasteiger partial charge in [0.25, 0.3) is 0 Å². The van der Waals surface area contributed by atoms with Crippen LogP contribution >= 0.6 is 0 Å². The van der Waals surface area contributed by atoms with Gasteiger partial charge >= 0.3 is 0 Å². The van der Waals surface area contributed by atoms with Crippen LogP contribution in [0.1, 0.15) is 12.0 Å². The zero-order valence-electron chi connectivity index (χ0n) is 9.87. The minimum Gasteiger partial charge on any atom is -0.341 e. The Morgan fingerprint density at radius 3 is 3.11 bits per heavy atom. The Hall–Kier alpha value is -1.95. The molecule has 2 heterocycles. The van der Waals surface area contributed by atoms with Gasteiger partial charge in [-0.2, -0.15) is 0 Å². The molecule has 1 unspecified atom stereocenters. The molecule has 2 N–H and O–H groups in total. The van der Waals surface area contributed by atoms with Crippen molar-refractivity contribution < 1.29 is 9.42 Å². The molecule has 94 valence electrons. The van der Waals surface area contributed by atoms with Gasteiger partial charge in [-0.15, -0.1) is 0 Å². The van der Waals surface area contributed by atoms with Gasteiger partial charge in [-0.05, 0) is 28.4 Å². The maximum absolute atomic E-state index is 11.6. The maximum Gasteiger partial charge on any atom is 0.224 e. The van der Waals surface area contributed by atoms with E-state index in [1.54, 1.807) is 4.90 Å². The molecule has 3 rings (SSSR count). The zero-order chi connectivity index (χ0) is 12.5. The fraction of sp³-hybridized carbons (Fsp3) is 0.417. The van der Waals surface area contributed by atoms with Crippen LogP contribution in [0.25, 0.3) is 11.0 Å². The Labute approximate surface area is 104 Å². The second-order valence-electron chi connectivity index (χ2n) is 4.60. The number of nitrogens with two attached hydrogens (primary N) is 1. The predicted octanol–water partition coefficient (Wildman–Crippen LogP) is 0.325. The van der Waals surface area contributed by atoms with E-state index in [1.165, 1.54) is 0 Å². The lowest BCUT2D eigenvalue weighted by molar-refractivity contribution is -0.127. The largest absolute Gasteiger partial charge is 0.341 e. The van der Waals surface area contributed by atoms with Gasteiger partial charge in [0.15, 0.2) is 0 Å². The van der Waals surface area contributed by atoms with Crippen molar-refractivity contribution in [2.45, 2.75) is 18.9 Å².